The van der Waals surface area contributed by atoms with E-state index in [1.807, 2.05) is 12.1 Å². The standard InChI is InChI=1S/C29H32N4O5S/c1-36-23-15-20(16-24(37-2)27(23)38-3)6-5-19-7-9-21(10-8-19)26-28-31-32(13-11-25(34)35)18-33(28)29-22(17-30-26)12-14-39(29)4/h7-10,12,14-16H,5-6,11,13,17-18H2,1-4H3. The van der Waals surface area contributed by atoms with Crippen LogP contribution >= 0.6 is 10.5 Å². The van der Waals surface area contributed by atoms with E-state index in [-0.39, 0.29) is 16.9 Å². The Balaban J connectivity index is 1.36. The van der Waals surface area contributed by atoms with Crippen LogP contribution in [0.3, 0.4) is 0 Å². The van der Waals surface area contributed by atoms with Gasteiger partial charge in [-0.2, -0.15) is 5.10 Å². The molecular weight excluding hydrogens is 516 g/mol. The quantitative estimate of drug-likeness (QED) is 0.359. The molecule has 10 heteroatoms. The van der Waals surface area contributed by atoms with Gasteiger partial charge in [-0.25, -0.2) is 0 Å². The molecule has 204 valence electrons. The van der Waals surface area contributed by atoms with Crippen molar-refractivity contribution in [1.82, 2.24) is 5.01 Å². The van der Waals surface area contributed by atoms with Crippen LogP contribution in [0, 0.1) is 0 Å². The van der Waals surface area contributed by atoms with Gasteiger partial charge in [0.15, 0.2) is 17.3 Å². The molecule has 1 atom stereocenters. The van der Waals surface area contributed by atoms with Crippen molar-refractivity contribution in [2.24, 2.45) is 16.3 Å². The second-order valence-corrected chi connectivity index (χ2v) is 11.2. The molecule has 9 nitrogen and oxygen atoms in total. The lowest BCUT2D eigenvalue weighted by Gasteiger charge is -2.18. The van der Waals surface area contributed by atoms with Gasteiger partial charge < -0.3 is 24.1 Å². The average molecular weight is 549 g/mol. The summed E-state index contributed by atoms with van der Waals surface area (Å²) in [5.41, 5.74) is 5.28. The third-order valence-corrected chi connectivity index (χ3v) is 8.58. The number of carbonyl (C=O) groups is 1. The first-order chi connectivity index (χ1) is 18.9. The van der Waals surface area contributed by atoms with E-state index in [1.54, 1.807) is 26.3 Å². The molecular formula is C29H32N4O5S. The normalized spacial score (nSPS) is 14.7. The minimum atomic E-state index is -1.08. The van der Waals surface area contributed by atoms with Gasteiger partial charge in [0.1, 0.15) is 24.0 Å². The van der Waals surface area contributed by atoms with Crippen LogP contribution in [0.4, 0.5) is 5.00 Å². The Bertz CT molecular complexity index is 1400. The Labute approximate surface area is 230 Å². The van der Waals surface area contributed by atoms with E-state index in [9.17, 15) is 9.90 Å². The van der Waals surface area contributed by atoms with Crippen LogP contribution in [0.25, 0.3) is 0 Å². The van der Waals surface area contributed by atoms with E-state index in [0.29, 0.717) is 37.0 Å². The van der Waals surface area contributed by atoms with E-state index < -0.39 is 5.97 Å². The maximum absolute atomic E-state index is 11.1. The number of ether oxygens (including phenoxy) is 3. The number of thiophene rings is 1. The van der Waals surface area contributed by atoms with Crippen molar-refractivity contribution < 1.29 is 24.1 Å². The van der Waals surface area contributed by atoms with Crippen LogP contribution in [-0.4, -0.2) is 57.1 Å². The van der Waals surface area contributed by atoms with Crippen molar-refractivity contribution in [3.05, 3.63) is 70.1 Å². The molecule has 2 aromatic carbocycles. The predicted octanol–water partition coefficient (Wildman–Crippen LogP) is 3.32. The Kier molecular flexibility index (Phi) is 7.74. The Hall–Kier alpha value is -4.05. The molecule has 0 radical (unpaired) electrons. The number of anilines is 1. The topological polar surface area (TPSA) is 99.0 Å². The maximum atomic E-state index is 11.1. The number of amidine groups is 1. The molecule has 2 aliphatic rings. The third-order valence-electron chi connectivity index (χ3n) is 6.94. The predicted molar refractivity (Wildman–Crippen MR) is 151 cm³/mol. The SMILES string of the molecule is COc1cc(CCc2ccc(C3=NCc4cc[s+](C)c4N4CN(CCC(=O)[O-])N=C34)cc2)cc(OC)c1OC. The first kappa shape index (κ1) is 26.6. The number of hydrazone groups is 1. The molecule has 3 heterocycles. The zero-order valence-electron chi connectivity index (χ0n) is 22.6. The highest BCUT2D eigenvalue weighted by Crippen LogP contribution is 2.40. The number of carboxylic acids is 1. The van der Waals surface area contributed by atoms with Gasteiger partial charge in [-0.05, 0) is 46.6 Å². The molecule has 0 bridgehead atoms. The van der Waals surface area contributed by atoms with E-state index in [0.717, 1.165) is 35.5 Å². The number of carboxylic acid groups (broad SMARTS) is 1. The highest BCUT2D eigenvalue weighted by molar-refractivity contribution is 7.32. The summed E-state index contributed by atoms with van der Waals surface area (Å²) >= 11 is 0. The van der Waals surface area contributed by atoms with Crippen LogP contribution in [-0.2, 0) is 30.4 Å². The van der Waals surface area contributed by atoms with Gasteiger partial charge in [0.25, 0.3) is 5.00 Å². The summed E-state index contributed by atoms with van der Waals surface area (Å²) in [6.45, 7) is 1.39. The van der Waals surface area contributed by atoms with Gasteiger partial charge in [-0.1, -0.05) is 24.3 Å². The lowest BCUT2D eigenvalue weighted by Crippen LogP contribution is -2.35. The molecule has 0 N–H and O–H groups in total. The van der Waals surface area contributed by atoms with Crippen LogP contribution in [0.5, 0.6) is 17.2 Å². The number of methoxy groups -OCH3 is 3. The first-order valence-corrected chi connectivity index (χ1v) is 14.4. The Morgan fingerprint density at radius 3 is 2.33 bits per heavy atom. The fourth-order valence-corrected chi connectivity index (χ4v) is 6.51. The number of aliphatic imine (C=N–C) groups is 1. The highest BCUT2D eigenvalue weighted by atomic mass is 32.2. The summed E-state index contributed by atoms with van der Waals surface area (Å²) in [6.07, 6.45) is 3.77. The van der Waals surface area contributed by atoms with Gasteiger partial charge in [0.05, 0.1) is 33.4 Å². The molecule has 39 heavy (non-hydrogen) atoms. The van der Waals surface area contributed by atoms with E-state index >= 15 is 0 Å². The lowest BCUT2D eigenvalue weighted by molar-refractivity contribution is -0.305. The van der Waals surface area contributed by atoms with Crippen LogP contribution < -0.4 is 24.2 Å². The highest BCUT2D eigenvalue weighted by Gasteiger charge is 2.37. The largest absolute Gasteiger partial charge is 0.550 e. The summed E-state index contributed by atoms with van der Waals surface area (Å²) in [6, 6.07) is 14.5. The van der Waals surface area contributed by atoms with Crippen LogP contribution in [0.2, 0.25) is 0 Å². The molecule has 3 aromatic rings. The number of hydrogen-bond donors (Lipinski definition) is 0. The van der Waals surface area contributed by atoms with Gasteiger partial charge in [-0.3, -0.25) is 14.9 Å². The van der Waals surface area contributed by atoms with E-state index in [2.05, 4.69) is 46.9 Å². The summed E-state index contributed by atoms with van der Waals surface area (Å²) in [7, 11) is 4.79. The second kappa shape index (κ2) is 11.4. The third kappa shape index (κ3) is 5.42. The molecule has 0 aliphatic carbocycles. The summed E-state index contributed by atoms with van der Waals surface area (Å²) in [5.74, 6) is 1.58. The van der Waals surface area contributed by atoms with E-state index in [1.165, 1.54) is 16.1 Å². The van der Waals surface area contributed by atoms with Crippen molar-refractivity contribution in [1.29, 1.82) is 0 Å². The molecule has 1 unspecified atom stereocenters. The second-order valence-electron chi connectivity index (χ2n) is 9.43. The van der Waals surface area contributed by atoms with E-state index in [4.69, 9.17) is 24.3 Å². The van der Waals surface area contributed by atoms with Crippen LogP contribution in [0.15, 0.2) is 57.9 Å². The molecule has 0 fully saturated rings. The molecule has 1 aromatic heterocycles. The molecule has 0 spiro atoms. The van der Waals surface area contributed by atoms with Crippen molar-refractivity contribution in [2.75, 3.05) is 39.4 Å². The van der Waals surface area contributed by atoms with Crippen molar-refractivity contribution in [3.8, 4) is 17.2 Å². The number of nitrogens with zero attached hydrogens (tertiary/aromatic N) is 4. The molecule has 0 saturated heterocycles. The summed E-state index contributed by atoms with van der Waals surface area (Å²) < 4.78 is 16.4. The summed E-state index contributed by atoms with van der Waals surface area (Å²) in [5, 5.41) is 21.1. The monoisotopic (exact) mass is 548 g/mol. The lowest BCUT2D eigenvalue weighted by atomic mass is 10.0. The number of aryl methyl sites for hydroxylation is 3. The Morgan fingerprint density at radius 2 is 1.69 bits per heavy atom. The number of carbonyl (C=O) groups excluding carboxylic acids is 1. The minimum absolute atomic E-state index is 0.0523. The van der Waals surface area contributed by atoms with Gasteiger partial charge >= 0.3 is 0 Å². The molecule has 0 saturated carbocycles. The van der Waals surface area contributed by atoms with Gasteiger partial charge in [0, 0.05) is 30.6 Å². The van der Waals surface area contributed by atoms with Crippen molar-refractivity contribution in [2.45, 2.75) is 25.8 Å². The number of benzene rings is 2. The van der Waals surface area contributed by atoms with Gasteiger partial charge in [-0.15, -0.1) is 0 Å². The van der Waals surface area contributed by atoms with Crippen molar-refractivity contribution in [3.63, 3.8) is 0 Å². The smallest absolute Gasteiger partial charge is 0.255 e. The molecule has 2 aliphatic heterocycles. The molecule has 5 rings (SSSR count). The number of hydrogen-bond acceptors (Lipinski definition) is 9. The van der Waals surface area contributed by atoms with Gasteiger partial charge in [0.2, 0.25) is 5.75 Å². The summed E-state index contributed by atoms with van der Waals surface area (Å²) in [4.78, 5) is 18.2. The van der Waals surface area contributed by atoms with Crippen LogP contribution in [0.1, 0.15) is 28.7 Å². The maximum Gasteiger partial charge on any atom is 0.255 e. The minimum Gasteiger partial charge on any atom is -0.550 e. The Morgan fingerprint density at radius 1 is 1.00 bits per heavy atom. The number of fused-ring (bicyclic) bond motifs is 3. The fraction of sp³-hybridized carbons (Fsp3) is 0.345. The molecule has 0 amide bonds. The fourth-order valence-electron chi connectivity index (χ4n) is 4.97. The zero-order chi connectivity index (χ0) is 27.5. The average Bonchev–Trinajstić information content (AvgIpc) is 3.49. The first-order valence-electron chi connectivity index (χ1n) is 12.7. The zero-order valence-corrected chi connectivity index (χ0v) is 23.4. The number of aliphatic carboxylic acids is 1. The van der Waals surface area contributed by atoms with Crippen molar-refractivity contribution >= 4 is 33.0 Å². The number of rotatable bonds is 10.